The van der Waals surface area contributed by atoms with Crippen molar-refractivity contribution in [2.75, 3.05) is 0 Å². The number of hydrogen-bond donors (Lipinski definition) is 2. The van der Waals surface area contributed by atoms with Gasteiger partial charge in [0.25, 0.3) is 0 Å². The van der Waals surface area contributed by atoms with Crippen LogP contribution in [-0.4, -0.2) is 11.1 Å². The van der Waals surface area contributed by atoms with E-state index >= 15 is 0 Å². The topological polar surface area (TPSA) is 63.3 Å². The third kappa shape index (κ3) is 3.03. The van der Waals surface area contributed by atoms with E-state index in [4.69, 9.17) is 10.8 Å². The predicted octanol–water partition coefficient (Wildman–Crippen LogP) is 3.28. The van der Waals surface area contributed by atoms with Crippen molar-refractivity contribution in [3.05, 3.63) is 59.4 Å². The summed E-state index contributed by atoms with van der Waals surface area (Å²) >= 11 is 0. The van der Waals surface area contributed by atoms with Gasteiger partial charge >= 0.3 is 5.97 Å². The number of benzene rings is 2. The molecule has 0 fully saturated rings. The molecule has 2 aromatic carbocycles. The minimum Gasteiger partial charge on any atom is -0.481 e. The van der Waals surface area contributed by atoms with Gasteiger partial charge in [-0.15, -0.1) is 0 Å². The molecule has 0 aromatic heterocycles. The van der Waals surface area contributed by atoms with Crippen LogP contribution in [0.1, 0.15) is 23.6 Å². The van der Waals surface area contributed by atoms with Gasteiger partial charge in [0.05, 0.1) is 6.42 Å². The maximum absolute atomic E-state index is 14.0. The number of rotatable bonds is 4. The summed E-state index contributed by atoms with van der Waals surface area (Å²) in [6.45, 7) is 1.90. The lowest BCUT2D eigenvalue weighted by Crippen LogP contribution is -2.15. The third-order valence-electron chi connectivity index (χ3n) is 3.25. The van der Waals surface area contributed by atoms with Gasteiger partial charge in [0.2, 0.25) is 0 Å². The predicted molar refractivity (Wildman–Crippen MR) is 75.8 cm³/mol. The summed E-state index contributed by atoms with van der Waals surface area (Å²) in [5.74, 6) is -1.31. The molecule has 0 saturated heterocycles. The van der Waals surface area contributed by atoms with Crippen LogP contribution in [0.25, 0.3) is 11.1 Å². The number of aryl methyl sites for hydroxylation is 1. The lowest BCUT2D eigenvalue weighted by molar-refractivity contribution is -0.137. The standard InChI is InChI=1S/C16H16FNO2/c1-10-4-2-3-5-12(10)13-8-11(6-7-14(13)17)15(18)9-16(19)20/h2-8,15H,9,18H2,1H3,(H,19,20)/t15-/m0/s1. The van der Waals surface area contributed by atoms with Gasteiger partial charge in [-0.05, 0) is 35.7 Å². The van der Waals surface area contributed by atoms with E-state index in [0.29, 0.717) is 11.1 Å². The van der Waals surface area contributed by atoms with E-state index in [2.05, 4.69) is 0 Å². The van der Waals surface area contributed by atoms with Crippen LogP contribution in [0.5, 0.6) is 0 Å². The molecule has 0 aliphatic carbocycles. The van der Waals surface area contributed by atoms with Crippen LogP contribution in [-0.2, 0) is 4.79 Å². The number of hydrogen-bond acceptors (Lipinski definition) is 2. The Morgan fingerprint density at radius 3 is 2.60 bits per heavy atom. The van der Waals surface area contributed by atoms with Crippen molar-refractivity contribution in [3.63, 3.8) is 0 Å². The Hall–Kier alpha value is -2.20. The fourth-order valence-corrected chi connectivity index (χ4v) is 2.16. The summed E-state index contributed by atoms with van der Waals surface area (Å²) < 4.78 is 14.0. The lowest BCUT2D eigenvalue weighted by atomic mass is 9.95. The molecule has 4 heteroatoms. The highest BCUT2D eigenvalue weighted by Crippen LogP contribution is 2.28. The van der Waals surface area contributed by atoms with Crippen molar-refractivity contribution in [1.82, 2.24) is 0 Å². The third-order valence-corrected chi connectivity index (χ3v) is 3.25. The van der Waals surface area contributed by atoms with Crippen molar-refractivity contribution in [2.45, 2.75) is 19.4 Å². The summed E-state index contributed by atoms with van der Waals surface area (Å²) in [5, 5.41) is 8.78. The number of aliphatic carboxylic acids is 1. The fourth-order valence-electron chi connectivity index (χ4n) is 2.16. The zero-order valence-corrected chi connectivity index (χ0v) is 11.1. The van der Waals surface area contributed by atoms with Crippen molar-refractivity contribution in [3.8, 4) is 11.1 Å². The molecule has 0 amide bonds. The highest BCUT2D eigenvalue weighted by atomic mass is 19.1. The number of carbonyl (C=O) groups is 1. The molecule has 1 atom stereocenters. The van der Waals surface area contributed by atoms with E-state index in [9.17, 15) is 9.18 Å². The molecular weight excluding hydrogens is 257 g/mol. The molecule has 20 heavy (non-hydrogen) atoms. The van der Waals surface area contributed by atoms with Crippen molar-refractivity contribution in [2.24, 2.45) is 5.73 Å². The molecule has 0 bridgehead atoms. The number of carboxylic acids is 1. The summed E-state index contributed by atoms with van der Waals surface area (Å²) in [5.41, 5.74) is 8.63. The average Bonchev–Trinajstić information content (AvgIpc) is 2.39. The van der Waals surface area contributed by atoms with Gasteiger partial charge in [0, 0.05) is 11.6 Å². The van der Waals surface area contributed by atoms with Crippen molar-refractivity contribution in [1.29, 1.82) is 0 Å². The minimum absolute atomic E-state index is 0.182. The molecule has 3 N–H and O–H groups in total. The minimum atomic E-state index is -0.973. The second kappa shape index (κ2) is 5.84. The molecule has 0 spiro atoms. The van der Waals surface area contributed by atoms with Crippen LogP contribution in [0.4, 0.5) is 4.39 Å². The van der Waals surface area contributed by atoms with Gasteiger partial charge in [-0.25, -0.2) is 4.39 Å². The van der Waals surface area contributed by atoms with Crippen LogP contribution < -0.4 is 5.73 Å². The number of halogens is 1. The lowest BCUT2D eigenvalue weighted by Gasteiger charge is -2.13. The highest BCUT2D eigenvalue weighted by molar-refractivity contribution is 5.70. The maximum atomic E-state index is 14.0. The first kappa shape index (κ1) is 14.2. The van der Waals surface area contributed by atoms with E-state index < -0.39 is 12.0 Å². The molecule has 0 radical (unpaired) electrons. The van der Waals surface area contributed by atoms with Crippen molar-refractivity contribution >= 4 is 5.97 Å². The summed E-state index contributed by atoms with van der Waals surface area (Å²) in [6, 6.07) is 11.3. The Balaban J connectivity index is 2.44. The normalized spacial score (nSPS) is 12.2. The zero-order chi connectivity index (χ0) is 14.7. The van der Waals surface area contributed by atoms with E-state index in [1.165, 1.54) is 12.1 Å². The number of carboxylic acid groups (broad SMARTS) is 1. The molecule has 2 aromatic rings. The summed E-state index contributed by atoms with van der Waals surface area (Å²) in [7, 11) is 0. The molecule has 0 aliphatic rings. The first-order chi connectivity index (χ1) is 9.49. The van der Waals surface area contributed by atoms with Crippen molar-refractivity contribution < 1.29 is 14.3 Å². The highest BCUT2D eigenvalue weighted by Gasteiger charge is 2.14. The molecule has 3 nitrogen and oxygen atoms in total. The first-order valence-corrected chi connectivity index (χ1v) is 6.32. The second-order valence-corrected chi connectivity index (χ2v) is 4.76. The smallest absolute Gasteiger partial charge is 0.305 e. The molecule has 0 heterocycles. The number of nitrogens with two attached hydrogens (primary N) is 1. The first-order valence-electron chi connectivity index (χ1n) is 6.32. The zero-order valence-electron chi connectivity index (χ0n) is 11.1. The van der Waals surface area contributed by atoms with Crippen LogP contribution in [0.15, 0.2) is 42.5 Å². The Bertz CT molecular complexity index is 640. The van der Waals surface area contributed by atoms with E-state index in [0.717, 1.165) is 11.1 Å². The van der Waals surface area contributed by atoms with Gasteiger partial charge in [-0.2, -0.15) is 0 Å². The second-order valence-electron chi connectivity index (χ2n) is 4.76. The Labute approximate surface area is 116 Å². The summed E-state index contributed by atoms with van der Waals surface area (Å²) in [4.78, 5) is 10.7. The summed E-state index contributed by atoms with van der Waals surface area (Å²) in [6.07, 6.45) is -0.182. The SMILES string of the molecule is Cc1ccccc1-c1cc([C@@H](N)CC(=O)O)ccc1F. The maximum Gasteiger partial charge on any atom is 0.305 e. The van der Waals surface area contributed by atoms with Gasteiger partial charge in [0.15, 0.2) is 0 Å². The van der Waals surface area contributed by atoms with Crippen LogP contribution in [0.2, 0.25) is 0 Å². The van der Waals surface area contributed by atoms with Crippen LogP contribution >= 0.6 is 0 Å². The van der Waals surface area contributed by atoms with Crippen LogP contribution in [0, 0.1) is 12.7 Å². The van der Waals surface area contributed by atoms with E-state index in [-0.39, 0.29) is 12.2 Å². The van der Waals surface area contributed by atoms with E-state index in [1.54, 1.807) is 6.07 Å². The van der Waals surface area contributed by atoms with Gasteiger partial charge < -0.3 is 10.8 Å². The molecule has 0 saturated carbocycles. The largest absolute Gasteiger partial charge is 0.481 e. The van der Waals surface area contributed by atoms with Gasteiger partial charge in [0.1, 0.15) is 5.82 Å². The molecule has 104 valence electrons. The Morgan fingerprint density at radius 1 is 1.25 bits per heavy atom. The molecule has 0 unspecified atom stereocenters. The molecule has 0 aliphatic heterocycles. The molecule has 2 rings (SSSR count). The molecular formula is C16H16FNO2. The van der Waals surface area contributed by atoms with Crippen LogP contribution in [0.3, 0.4) is 0 Å². The van der Waals surface area contributed by atoms with Gasteiger partial charge in [-0.3, -0.25) is 4.79 Å². The monoisotopic (exact) mass is 273 g/mol. The van der Waals surface area contributed by atoms with Gasteiger partial charge in [-0.1, -0.05) is 30.3 Å². The average molecular weight is 273 g/mol. The fraction of sp³-hybridized carbons (Fsp3) is 0.188. The quantitative estimate of drug-likeness (QED) is 0.898. The van der Waals surface area contributed by atoms with E-state index in [1.807, 2.05) is 31.2 Å². The Kier molecular flexibility index (Phi) is 4.15. The Morgan fingerprint density at radius 2 is 1.95 bits per heavy atom.